The summed E-state index contributed by atoms with van der Waals surface area (Å²) < 4.78 is 1.84. The van der Waals surface area contributed by atoms with Crippen molar-refractivity contribution in [2.45, 2.75) is 0 Å². The lowest BCUT2D eigenvalue weighted by atomic mass is 10.1. The number of phenolic OH excluding ortho intramolecular Hbond substituents is 1. The largest absolute Gasteiger partial charge is 0.506 e. The third-order valence-corrected chi connectivity index (χ3v) is 5.36. The van der Waals surface area contributed by atoms with E-state index in [9.17, 15) is 5.11 Å². The number of halogens is 1. The molecule has 21 heavy (non-hydrogen) atoms. The van der Waals surface area contributed by atoms with Gasteiger partial charge in [0.05, 0.1) is 20.3 Å². The zero-order valence-electron chi connectivity index (χ0n) is 10.9. The van der Waals surface area contributed by atoms with Crippen LogP contribution in [0.15, 0.2) is 59.1 Å². The normalized spacial score (nSPS) is 11.3. The van der Waals surface area contributed by atoms with Crippen molar-refractivity contribution in [3.8, 4) is 16.3 Å². The molecule has 0 fully saturated rings. The predicted octanol–water partition coefficient (Wildman–Crippen LogP) is 5.58. The van der Waals surface area contributed by atoms with E-state index in [1.165, 1.54) is 0 Å². The van der Waals surface area contributed by atoms with E-state index >= 15 is 0 Å². The van der Waals surface area contributed by atoms with Gasteiger partial charge in [-0.1, -0.05) is 36.4 Å². The van der Waals surface area contributed by atoms with Gasteiger partial charge in [-0.05, 0) is 44.9 Å². The fraction of sp³-hybridized carbons (Fsp3) is 0. The Labute approximate surface area is 133 Å². The highest BCUT2D eigenvalue weighted by Gasteiger charge is 2.15. The van der Waals surface area contributed by atoms with Gasteiger partial charge in [0.25, 0.3) is 0 Å². The lowest BCUT2D eigenvalue weighted by molar-refractivity contribution is 0.475. The molecule has 102 valence electrons. The Morgan fingerprint density at radius 3 is 2.62 bits per heavy atom. The standard InChI is InChI=1S/C17H10BrNOS/c18-15-11-6-2-1-5-10(11)9-12(16(15)20)17-19-13-7-3-4-8-14(13)21-17/h1-9,20H. The van der Waals surface area contributed by atoms with Crippen molar-refractivity contribution >= 4 is 48.3 Å². The highest BCUT2D eigenvalue weighted by atomic mass is 79.9. The second-order valence-corrected chi connectivity index (χ2v) is 6.62. The van der Waals surface area contributed by atoms with Crippen molar-refractivity contribution in [1.29, 1.82) is 0 Å². The summed E-state index contributed by atoms with van der Waals surface area (Å²) in [4.78, 5) is 4.63. The number of benzene rings is 3. The zero-order valence-corrected chi connectivity index (χ0v) is 13.3. The second-order valence-electron chi connectivity index (χ2n) is 4.79. The van der Waals surface area contributed by atoms with E-state index in [0.29, 0.717) is 0 Å². The van der Waals surface area contributed by atoms with Gasteiger partial charge in [-0.2, -0.15) is 0 Å². The maximum absolute atomic E-state index is 10.5. The minimum atomic E-state index is 0.243. The van der Waals surface area contributed by atoms with Crippen LogP contribution >= 0.6 is 27.3 Å². The van der Waals surface area contributed by atoms with Crippen molar-refractivity contribution in [2.75, 3.05) is 0 Å². The van der Waals surface area contributed by atoms with Gasteiger partial charge >= 0.3 is 0 Å². The monoisotopic (exact) mass is 355 g/mol. The molecular formula is C17H10BrNOS. The number of aromatic hydroxyl groups is 1. The molecule has 0 aliphatic rings. The number of phenols is 1. The third kappa shape index (κ3) is 2.03. The first kappa shape index (κ1) is 12.8. The third-order valence-electron chi connectivity index (χ3n) is 3.48. The molecule has 0 radical (unpaired) electrons. The van der Waals surface area contributed by atoms with E-state index in [4.69, 9.17) is 0 Å². The molecule has 0 spiro atoms. The van der Waals surface area contributed by atoms with Gasteiger partial charge in [-0.25, -0.2) is 4.98 Å². The Morgan fingerprint density at radius 2 is 1.76 bits per heavy atom. The lowest BCUT2D eigenvalue weighted by Crippen LogP contribution is -1.82. The smallest absolute Gasteiger partial charge is 0.140 e. The summed E-state index contributed by atoms with van der Waals surface area (Å²) in [7, 11) is 0. The average molecular weight is 356 g/mol. The number of nitrogens with zero attached hydrogens (tertiary/aromatic N) is 1. The summed E-state index contributed by atoms with van der Waals surface area (Å²) >= 11 is 5.09. The topological polar surface area (TPSA) is 33.1 Å². The molecule has 0 amide bonds. The summed E-state index contributed by atoms with van der Waals surface area (Å²) in [6, 6.07) is 18.0. The van der Waals surface area contributed by atoms with E-state index < -0.39 is 0 Å². The molecule has 3 aromatic carbocycles. The molecule has 0 saturated heterocycles. The Hall–Kier alpha value is -1.91. The number of aromatic nitrogens is 1. The summed E-state index contributed by atoms with van der Waals surface area (Å²) in [6.07, 6.45) is 0. The van der Waals surface area contributed by atoms with Crippen LogP contribution in [0.5, 0.6) is 5.75 Å². The van der Waals surface area contributed by atoms with Crippen LogP contribution < -0.4 is 0 Å². The van der Waals surface area contributed by atoms with Crippen LogP contribution in [0.4, 0.5) is 0 Å². The van der Waals surface area contributed by atoms with Crippen molar-refractivity contribution in [1.82, 2.24) is 4.98 Å². The van der Waals surface area contributed by atoms with E-state index in [1.807, 2.05) is 54.6 Å². The first-order valence-electron chi connectivity index (χ1n) is 6.50. The van der Waals surface area contributed by atoms with Crippen LogP contribution in [0.3, 0.4) is 0 Å². The SMILES string of the molecule is Oc1c(-c2nc3ccccc3s2)cc2ccccc2c1Br. The van der Waals surface area contributed by atoms with Crippen LogP contribution in [0.25, 0.3) is 31.6 Å². The predicted molar refractivity (Wildman–Crippen MR) is 91.9 cm³/mol. The highest BCUT2D eigenvalue weighted by molar-refractivity contribution is 9.10. The van der Waals surface area contributed by atoms with Crippen LogP contribution in [-0.2, 0) is 0 Å². The first-order chi connectivity index (χ1) is 10.2. The van der Waals surface area contributed by atoms with Crippen LogP contribution in [0.1, 0.15) is 0 Å². The van der Waals surface area contributed by atoms with E-state index in [0.717, 1.165) is 36.0 Å². The van der Waals surface area contributed by atoms with Crippen LogP contribution in [0.2, 0.25) is 0 Å². The summed E-state index contributed by atoms with van der Waals surface area (Å²) in [5.74, 6) is 0.243. The van der Waals surface area contributed by atoms with Crippen molar-refractivity contribution in [3.63, 3.8) is 0 Å². The van der Waals surface area contributed by atoms with Crippen molar-refractivity contribution in [2.24, 2.45) is 0 Å². The van der Waals surface area contributed by atoms with Crippen LogP contribution in [-0.4, -0.2) is 10.1 Å². The van der Waals surface area contributed by atoms with Gasteiger partial charge in [-0.15, -0.1) is 11.3 Å². The molecule has 1 N–H and O–H groups in total. The van der Waals surface area contributed by atoms with E-state index in [1.54, 1.807) is 11.3 Å². The molecule has 0 aliphatic heterocycles. The minimum absolute atomic E-state index is 0.243. The summed E-state index contributed by atoms with van der Waals surface area (Å²) in [5, 5.41) is 13.4. The summed E-state index contributed by atoms with van der Waals surface area (Å²) in [6.45, 7) is 0. The fourth-order valence-electron chi connectivity index (χ4n) is 2.44. The minimum Gasteiger partial charge on any atom is -0.506 e. The Balaban J connectivity index is 2.03. The Morgan fingerprint density at radius 1 is 1.00 bits per heavy atom. The number of rotatable bonds is 1. The summed E-state index contributed by atoms with van der Waals surface area (Å²) in [5.41, 5.74) is 1.72. The maximum atomic E-state index is 10.5. The van der Waals surface area contributed by atoms with E-state index in [-0.39, 0.29) is 5.75 Å². The van der Waals surface area contributed by atoms with Gasteiger partial charge in [0.2, 0.25) is 0 Å². The van der Waals surface area contributed by atoms with Crippen molar-refractivity contribution < 1.29 is 5.11 Å². The Kier molecular flexibility index (Phi) is 2.94. The molecule has 0 atom stereocenters. The molecule has 0 saturated carbocycles. The Bertz CT molecular complexity index is 944. The first-order valence-corrected chi connectivity index (χ1v) is 8.11. The molecule has 0 aliphatic carbocycles. The number of thiazole rings is 1. The quantitative estimate of drug-likeness (QED) is 0.483. The molecule has 0 unspecified atom stereocenters. The molecule has 0 bridgehead atoms. The molecule has 1 heterocycles. The number of hydrogen-bond acceptors (Lipinski definition) is 3. The van der Waals surface area contributed by atoms with E-state index in [2.05, 4.69) is 20.9 Å². The number of fused-ring (bicyclic) bond motifs is 2. The number of hydrogen-bond donors (Lipinski definition) is 1. The maximum Gasteiger partial charge on any atom is 0.140 e. The van der Waals surface area contributed by atoms with Gasteiger partial charge in [0.1, 0.15) is 10.8 Å². The fourth-order valence-corrected chi connectivity index (χ4v) is 4.00. The van der Waals surface area contributed by atoms with Crippen LogP contribution in [0, 0.1) is 0 Å². The second kappa shape index (κ2) is 4.83. The average Bonchev–Trinajstić information content (AvgIpc) is 2.94. The molecule has 4 aromatic rings. The highest BCUT2D eigenvalue weighted by Crippen LogP contribution is 2.42. The molecule has 2 nitrogen and oxygen atoms in total. The molecular weight excluding hydrogens is 346 g/mol. The zero-order chi connectivity index (χ0) is 14.4. The molecule has 1 aromatic heterocycles. The number of para-hydroxylation sites is 1. The lowest BCUT2D eigenvalue weighted by Gasteiger charge is -2.07. The van der Waals surface area contributed by atoms with Gasteiger partial charge in [0, 0.05) is 0 Å². The van der Waals surface area contributed by atoms with Crippen molar-refractivity contribution in [3.05, 3.63) is 59.1 Å². The van der Waals surface area contributed by atoms with Gasteiger partial charge in [0.15, 0.2) is 0 Å². The molecule has 4 rings (SSSR count). The van der Waals surface area contributed by atoms with Gasteiger partial charge in [-0.3, -0.25) is 0 Å². The molecule has 4 heteroatoms. The van der Waals surface area contributed by atoms with Gasteiger partial charge < -0.3 is 5.11 Å².